The first kappa shape index (κ1) is 45.1. The molecule has 18 heteroatoms. The summed E-state index contributed by atoms with van der Waals surface area (Å²) >= 11 is 0. The third-order valence-electron chi connectivity index (χ3n) is 11.3. The van der Waals surface area contributed by atoms with Crippen LogP contribution in [0.1, 0.15) is 41.7 Å². The summed E-state index contributed by atoms with van der Waals surface area (Å²) in [6.07, 6.45) is -9.19. The van der Waals surface area contributed by atoms with E-state index in [1.165, 1.54) is 48.7 Å². The lowest BCUT2D eigenvalue weighted by Gasteiger charge is -2.27. The number of alkyl halides is 6. The fraction of sp³-hybridized carbons (Fsp3) is 0.213. The number of sulfonamides is 2. The molecule has 7 aromatic rings. The lowest BCUT2D eigenvalue weighted by molar-refractivity contribution is -0.138. The van der Waals surface area contributed by atoms with Gasteiger partial charge in [-0.15, -0.1) is 0 Å². The molecule has 0 N–H and O–H groups in total. The second-order valence-electron chi connectivity index (χ2n) is 15.3. The number of para-hydroxylation sites is 3. The van der Waals surface area contributed by atoms with Crippen molar-refractivity contribution in [3.05, 3.63) is 172 Å². The molecule has 6 aromatic carbocycles. The second-order valence-corrected chi connectivity index (χ2v) is 19.1. The maximum Gasteiger partial charge on any atom is 0.420 e. The first-order valence-electron chi connectivity index (χ1n) is 20.4. The number of hydrogen-bond acceptors (Lipinski definition) is 7. The average Bonchev–Trinajstić information content (AvgIpc) is 3.82. The van der Waals surface area contributed by atoms with Crippen molar-refractivity contribution in [1.82, 2.24) is 4.57 Å². The maximum atomic E-state index is 14.8. The smallest absolute Gasteiger partial charge is 0.408 e. The summed E-state index contributed by atoms with van der Waals surface area (Å²) in [4.78, 5) is 13.4. The zero-order valence-electron chi connectivity index (χ0n) is 34.8. The number of halogens is 6. The minimum atomic E-state index is -5.01. The van der Waals surface area contributed by atoms with Gasteiger partial charge in [0.2, 0.25) is 0 Å². The molecule has 338 valence electrons. The van der Waals surface area contributed by atoms with Gasteiger partial charge in [-0.1, -0.05) is 54.6 Å². The molecular formula is C47H40F6N4O6S2. The Morgan fingerprint density at radius 3 is 2.00 bits per heavy atom. The number of nitrogens with zero attached hydrogens (tertiary/aromatic N) is 4. The molecule has 0 bridgehead atoms. The fourth-order valence-electron chi connectivity index (χ4n) is 8.22. The molecule has 0 spiro atoms. The molecule has 0 amide bonds. The van der Waals surface area contributed by atoms with Crippen molar-refractivity contribution in [1.29, 1.82) is 0 Å². The molecule has 1 aliphatic rings. The van der Waals surface area contributed by atoms with Gasteiger partial charge in [0.05, 0.1) is 44.4 Å². The summed E-state index contributed by atoms with van der Waals surface area (Å²) in [7, 11) is -9.35. The molecule has 0 saturated carbocycles. The molecule has 65 heavy (non-hydrogen) atoms. The molecule has 1 aromatic heterocycles. The lowest BCUT2D eigenvalue weighted by Crippen LogP contribution is -2.31. The Bertz CT molecular complexity index is 3220. The average molecular weight is 935 g/mol. The number of fused-ring (bicyclic) bond motifs is 2. The normalized spacial score (nSPS) is 13.3. The van der Waals surface area contributed by atoms with Crippen molar-refractivity contribution in [3.63, 3.8) is 0 Å². The van der Waals surface area contributed by atoms with Gasteiger partial charge in [0.1, 0.15) is 0 Å². The van der Waals surface area contributed by atoms with E-state index in [0.29, 0.717) is 47.3 Å². The van der Waals surface area contributed by atoms with Gasteiger partial charge in [-0.2, -0.15) is 26.3 Å². The molecule has 0 unspecified atom stereocenters. The van der Waals surface area contributed by atoms with Gasteiger partial charge in [-0.25, -0.2) is 21.6 Å². The Morgan fingerprint density at radius 2 is 1.28 bits per heavy atom. The number of aromatic nitrogens is 1. The zero-order valence-corrected chi connectivity index (χ0v) is 36.4. The van der Waals surface area contributed by atoms with Crippen LogP contribution in [-0.2, 0) is 51.9 Å². The SMILES string of the molecule is CCN(c1ccc(-c2cc(C(F)(F)F)cc(S(=O)(=O)N(CC)c3cccc(Cn4c(=O)oc5ccccc54)c3)c2)c(CN2CCc3ccccc32)c1)S(=O)(=O)c1cccc(C(F)(F)F)c1. The minimum absolute atomic E-state index is 0.00592. The molecule has 0 aliphatic carbocycles. The van der Waals surface area contributed by atoms with E-state index >= 15 is 0 Å². The van der Waals surface area contributed by atoms with Crippen molar-refractivity contribution >= 4 is 48.2 Å². The highest BCUT2D eigenvalue weighted by Gasteiger charge is 2.36. The molecule has 0 atom stereocenters. The van der Waals surface area contributed by atoms with Gasteiger partial charge < -0.3 is 9.32 Å². The van der Waals surface area contributed by atoms with E-state index in [2.05, 4.69) is 0 Å². The standard InChI is InChI=1S/C47H40F6N4O6S2/c1-3-56(37-14-9-11-31(23-37)29-55-43-17-7-8-18-44(43)63-45(55)58)65(61,62)40-26-33(24-36(28-40)47(51,52)53)41-20-19-38(25-34(41)30-54-22-21-32-12-5-6-16-42(32)54)57(4-2)64(59,60)39-15-10-13-35(27-39)46(48,49)50/h5-20,23-28H,3-4,21-22,29-30H2,1-2H3. The highest BCUT2D eigenvalue weighted by molar-refractivity contribution is 7.93. The van der Waals surface area contributed by atoms with Crippen molar-refractivity contribution in [3.8, 4) is 11.1 Å². The van der Waals surface area contributed by atoms with Crippen LogP contribution in [0.3, 0.4) is 0 Å². The van der Waals surface area contributed by atoms with E-state index in [1.807, 2.05) is 29.2 Å². The van der Waals surface area contributed by atoms with Crippen LogP contribution >= 0.6 is 0 Å². The van der Waals surface area contributed by atoms with E-state index in [9.17, 15) is 48.0 Å². The van der Waals surface area contributed by atoms with Gasteiger partial charge in [-0.05, 0) is 127 Å². The van der Waals surface area contributed by atoms with E-state index in [0.717, 1.165) is 50.2 Å². The first-order valence-corrected chi connectivity index (χ1v) is 23.3. The highest BCUT2D eigenvalue weighted by Crippen LogP contribution is 2.40. The van der Waals surface area contributed by atoms with Crippen molar-refractivity contribution < 1.29 is 47.6 Å². The van der Waals surface area contributed by atoms with Crippen LogP contribution in [0.15, 0.2) is 152 Å². The topological polar surface area (TPSA) is 113 Å². The summed E-state index contributed by atoms with van der Waals surface area (Å²) < 4.78 is 151. The van der Waals surface area contributed by atoms with E-state index < -0.39 is 59.1 Å². The molecule has 0 radical (unpaired) electrons. The molecule has 8 rings (SSSR count). The summed E-state index contributed by atoms with van der Waals surface area (Å²) in [5.41, 5.74) is 1.32. The van der Waals surface area contributed by atoms with E-state index in [1.54, 1.807) is 36.4 Å². The third-order valence-corrected chi connectivity index (χ3v) is 15.1. The predicted octanol–water partition coefficient (Wildman–Crippen LogP) is 10.3. The Labute approximate surface area is 370 Å². The van der Waals surface area contributed by atoms with E-state index in [-0.39, 0.29) is 48.7 Å². The van der Waals surface area contributed by atoms with Crippen LogP contribution in [0.4, 0.5) is 43.4 Å². The summed E-state index contributed by atoms with van der Waals surface area (Å²) in [6, 6.07) is 30.6. The Kier molecular flexibility index (Phi) is 11.9. The van der Waals surface area contributed by atoms with Crippen molar-refractivity contribution in [2.24, 2.45) is 0 Å². The molecule has 10 nitrogen and oxygen atoms in total. The van der Waals surface area contributed by atoms with Crippen LogP contribution in [0.5, 0.6) is 0 Å². The van der Waals surface area contributed by atoms with Crippen LogP contribution in [0, 0.1) is 0 Å². The van der Waals surface area contributed by atoms with Crippen molar-refractivity contribution in [2.45, 2.75) is 55.5 Å². The number of hydrogen-bond donors (Lipinski definition) is 0. The highest BCUT2D eigenvalue weighted by atomic mass is 32.2. The summed E-state index contributed by atoms with van der Waals surface area (Å²) in [5, 5.41) is 0. The molecule has 1 aliphatic heterocycles. The number of rotatable bonds is 13. The predicted molar refractivity (Wildman–Crippen MR) is 236 cm³/mol. The van der Waals surface area contributed by atoms with E-state index in [4.69, 9.17) is 4.42 Å². The number of oxazole rings is 1. The molecule has 0 fully saturated rings. The number of benzene rings is 6. The van der Waals surface area contributed by atoms with Gasteiger partial charge in [-0.3, -0.25) is 13.2 Å². The quantitative estimate of drug-likeness (QED) is 0.106. The maximum absolute atomic E-state index is 14.8. The monoisotopic (exact) mass is 934 g/mol. The van der Waals surface area contributed by atoms with Gasteiger partial charge in [0, 0.05) is 31.9 Å². The second kappa shape index (κ2) is 17.1. The van der Waals surface area contributed by atoms with Gasteiger partial charge >= 0.3 is 18.1 Å². The molecule has 0 saturated heterocycles. The lowest BCUT2D eigenvalue weighted by atomic mass is 9.96. The van der Waals surface area contributed by atoms with Crippen LogP contribution in [0.2, 0.25) is 0 Å². The molecule has 2 heterocycles. The Balaban J connectivity index is 1.23. The number of anilines is 3. The largest absolute Gasteiger partial charge is 0.420 e. The van der Waals surface area contributed by atoms with Crippen LogP contribution in [-0.4, -0.2) is 41.0 Å². The zero-order chi connectivity index (χ0) is 46.5. The Morgan fingerprint density at radius 1 is 0.631 bits per heavy atom. The fourth-order valence-corrected chi connectivity index (χ4v) is 11.3. The summed E-state index contributed by atoms with van der Waals surface area (Å²) in [6.45, 7) is 3.17. The van der Waals surface area contributed by atoms with Gasteiger partial charge in [0.25, 0.3) is 20.0 Å². The first-order chi connectivity index (χ1) is 30.8. The summed E-state index contributed by atoms with van der Waals surface area (Å²) in [5.74, 6) is -0.630. The van der Waals surface area contributed by atoms with Crippen LogP contribution < -0.4 is 19.3 Å². The van der Waals surface area contributed by atoms with Gasteiger partial charge in [0.15, 0.2) is 5.58 Å². The third kappa shape index (κ3) is 8.84. The van der Waals surface area contributed by atoms with Crippen LogP contribution in [0.25, 0.3) is 22.2 Å². The van der Waals surface area contributed by atoms with Crippen molar-refractivity contribution in [2.75, 3.05) is 33.1 Å². The Hall–Kier alpha value is -6.53. The minimum Gasteiger partial charge on any atom is -0.408 e. The molecular weight excluding hydrogens is 895 g/mol.